The van der Waals surface area contributed by atoms with Crippen molar-refractivity contribution < 1.29 is 46.8 Å². The number of carbonyl (C=O) groups is 4. The molecule has 0 fully saturated rings. The number of phosphoric acid groups is 1. The van der Waals surface area contributed by atoms with Crippen LogP contribution in [0.4, 0.5) is 11.6 Å². The van der Waals surface area contributed by atoms with Crippen molar-refractivity contribution in [1.29, 1.82) is 0 Å². The molecule has 0 bridgehead atoms. The van der Waals surface area contributed by atoms with E-state index in [0.717, 1.165) is 0 Å². The number of aromatic nitrogens is 6. The number of amides is 4. The first-order valence-electron chi connectivity index (χ1n) is 19.9. The lowest BCUT2D eigenvalue weighted by Crippen LogP contribution is -2.29. The van der Waals surface area contributed by atoms with Gasteiger partial charge in [-0.05, 0) is 69.7 Å². The van der Waals surface area contributed by atoms with Crippen molar-refractivity contribution in [2.45, 2.75) is 60.2 Å². The number of aliphatic imine (C=N–C) groups is 1. The van der Waals surface area contributed by atoms with Crippen LogP contribution in [0.2, 0.25) is 0 Å². The minimum Gasteiger partial charge on any atom is -0.495 e. The molecule has 0 saturated carbocycles. The van der Waals surface area contributed by atoms with Crippen LogP contribution in [0.1, 0.15) is 78.9 Å². The zero-order chi connectivity index (χ0) is 45.6. The predicted molar refractivity (Wildman–Crippen MR) is 233 cm³/mol. The van der Waals surface area contributed by atoms with Crippen molar-refractivity contribution in [3.05, 3.63) is 88.0 Å². The van der Waals surface area contributed by atoms with E-state index in [2.05, 4.69) is 20.5 Å². The summed E-state index contributed by atoms with van der Waals surface area (Å²) in [5.74, 6) is -1.24. The smallest absolute Gasteiger partial charge is 0.474 e. The summed E-state index contributed by atoms with van der Waals surface area (Å²) in [5.41, 5.74) is 15.7. The standard InChI is InChI=1S/C41H50N11O10P/c1-8-51-30(17-24(3)47-51)39(55)45-34-23-26-19-27(37(42)53)21-32(58-5)35(26)49(34)13-10-11-14-50-36-29(44-41(50)46-40(56)31-18-25(4)48-52(31)9-2)20-28(38(43)54)22-33(36)61-15-12-16-62-63(57,59-6)60-7/h10-11,17-22H,8-9,12-16,23H2,1-7H3,(H2,42,53)(H2,43,54)(H,44,46,56)/b11-10+,45-34?. The maximum atomic E-state index is 13.8. The van der Waals surface area contributed by atoms with Crippen molar-refractivity contribution in [2.75, 3.05) is 51.3 Å². The van der Waals surface area contributed by atoms with E-state index < -0.39 is 31.5 Å². The summed E-state index contributed by atoms with van der Waals surface area (Å²) >= 11 is 0. The van der Waals surface area contributed by atoms with Crippen molar-refractivity contribution in [2.24, 2.45) is 16.5 Å². The van der Waals surface area contributed by atoms with Gasteiger partial charge in [-0.2, -0.15) is 15.2 Å². The molecule has 0 aliphatic carbocycles. The summed E-state index contributed by atoms with van der Waals surface area (Å²) < 4.78 is 44.1. The summed E-state index contributed by atoms with van der Waals surface area (Å²) in [6.07, 6.45) is 4.10. The molecule has 5 N–H and O–H groups in total. The van der Waals surface area contributed by atoms with Crippen LogP contribution in [-0.4, -0.2) is 99.7 Å². The quantitative estimate of drug-likeness (QED) is 0.0549. The molecule has 0 atom stereocenters. The van der Waals surface area contributed by atoms with E-state index in [9.17, 15) is 23.7 Å². The predicted octanol–water partition coefficient (Wildman–Crippen LogP) is 4.59. The number of nitrogens with one attached hydrogen (secondary N) is 1. The minimum atomic E-state index is -3.72. The summed E-state index contributed by atoms with van der Waals surface area (Å²) in [6.45, 7) is 8.51. The number of ether oxygens (including phenoxy) is 2. The largest absolute Gasteiger partial charge is 0.495 e. The van der Waals surface area contributed by atoms with Crippen LogP contribution in [0.3, 0.4) is 0 Å². The highest BCUT2D eigenvalue weighted by molar-refractivity contribution is 7.48. The molecule has 0 unspecified atom stereocenters. The fourth-order valence-corrected chi connectivity index (χ4v) is 7.79. The third-order valence-corrected chi connectivity index (χ3v) is 11.4. The van der Waals surface area contributed by atoms with Crippen LogP contribution in [0.15, 0.2) is 53.5 Å². The van der Waals surface area contributed by atoms with E-state index in [1.54, 1.807) is 52.0 Å². The lowest BCUT2D eigenvalue weighted by molar-refractivity contribution is 0.0986. The van der Waals surface area contributed by atoms with Crippen molar-refractivity contribution in [1.82, 2.24) is 29.1 Å². The van der Waals surface area contributed by atoms with Gasteiger partial charge in [0.2, 0.25) is 17.8 Å². The maximum absolute atomic E-state index is 13.8. The highest BCUT2D eigenvalue weighted by Gasteiger charge is 2.31. The average molecular weight is 888 g/mol. The Labute approximate surface area is 362 Å². The monoisotopic (exact) mass is 887 g/mol. The number of rotatable bonds is 20. The number of nitrogens with zero attached hydrogens (tertiary/aromatic N) is 8. The minimum absolute atomic E-state index is 0.0372. The second-order valence-electron chi connectivity index (χ2n) is 14.2. The second kappa shape index (κ2) is 19.6. The maximum Gasteiger partial charge on any atom is 0.474 e. The van der Waals surface area contributed by atoms with Crippen LogP contribution in [0.25, 0.3) is 11.0 Å². The van der Waals surface area contributed by atoms with Crippen LogP contribution >= 0.6 is 7.82 Å². The number of imidazole rings is 1. The number of carbonyl (C=O) groups excluding carboxylic acids is 4. The van der Waals surface area contributed by atoms with E-state index in [1.165, 1.54) is 33.5 Å². The number of methoxy groups -OCH3 is 1. The van der Waals surface area contributed by atoms with Gasteiger partial charge in [-0.25, -0.2) is 9.55 Å². The van der Waals surface area contributed by atoms with E-state index in [4.69, 9.17) is 39.5 Å². The molecule has 0 saturated heterocycles. The molecule has 4 amide bonds. The zero-order valence-corrected chi connectivity index (χ0v) is 36.9. The number of nitrogens with two attached hydrogens (primary N) is 2. The van der Waals surface area contributed by atoms with Crippen molar-refractivity contribution in [3.63, 3.8) is 0 Å². The van der Waals surface area contributed by atoms with Crippen molar-refractivity contribution in [3.8, 4) is 11.5 Å². The number of hydrogen-bond donors (Lipinski definition) is 3. The van der Waals surface area contributed by atoms with E-state index in [0.29, 0.717) is 69.7 Å². The fourth-order valence-electron chi connectivity index (χ4n) is 7.08. The van der Waals surface area contributed by atoms with Gasteiger partial charge in [0.05, 0.1) is 42.9 Å². The molecule has 21 nitrogen and oxygen atoms in total. The normalized spacial score (nSPS) is 13.3. The second-order valence-corrected chi connectivity index (χ2v) is 16.1. The molecule has 22 heteroatoms. The summed E-state index contributed by atoms with van der Waals surface area (Å²) in [6, 6.07) is 9.51. The number of phosphoric ester groups is 1. The number of allylic oxidation sites excluding steroid dienone is 1. The third-order valence-electron chi connectivity index (χ3n) is 9.98. The number of primary amides is 2. The molecule has 6 rings (SSSR count). The molecule has 334 valence electrons. The van der Waals surface area contributed by atoms with Gasteiger partial charge >= 0.3 is 7.82 Å². The fraction of sp³-hybridized carbons (Fsp3) is 0.366. The van der Waals surface area contributed by atoms with Crippen LogP contribution in [0, 0.1) is 13.8 Å². The first-order chi connectivity index (χ1) is 30.1. The first-order valence-corrected chi connectivity index (χ1v) is 21.4. The molecule has 0 radical (unpaired) electrons. The first kappa shape index (κ1) is 45.8. The Kier molecular flexibility index (Phi) is 14.2. The summed E-state index contributed by atoms with van der Waals surface area (Å²) in [5, 5.41) is 11.7. The zero-order valence-electron chi connectivity index (χ0n) is 36.0. The Balaban J connectivity index is 1.38. The van der Waals surface area contributed by atoms with Gasteiger partial charge in [0.1, 0.15) is 34.2 Å². The van der Waals surface area contributed by atoms with E-state index in [1.807, 2.05) is 30.9 Å². The molecule has 1 aliphatic rings. The molecule has 4 heterocycles. The molecule has 3 aromatic heterocycles. The Bertz CT molecular complexity index is 2670. The number of amidine groups is 1. The number of fused-ring (bicyclic) bond motifs is 2. The summed E-state index contributed by atoms with van der Waals surface area (Å²) in [4.78, 5) is 63.3. The van der Waals surface area contributed by atoms with Gasteiger partial charge in [0.25, 0.3) is 11.8 Å². The summed E-state index contributed by atoms with van der Waals surface area (Å²) in [7, 11) is 0.159. The van der Waals surface area contributed by atoms with E-state index >= 15 is 0 Å². The van der Waals surface area contributed by atoms with Gasteiger partial charge in [-0.15, -0.1) is 0 Å². The Morgan fingerprint density at radius 2 is 1.46 bits per heavy atom. The average Bonchev–Trinajstić information content (AvgIpc) is 4.03. The van der Waals surface area contributed by atoms with E-state index in [-0.39, 0.29) is 62.0 Å². The molecule has 2 aromatic carbocycles. The van der Waals surface area contributed by atoms with Crippen LogP contribution in [0.5, 0.6) is 11.5 Å². The molecule has 63 heavy (non-hydrogen) atoms. The third kappa shape index (κ3) is 10.0. The van der Waals surface area contributed by atoms with Gasteiger partial charge in [0, 0.05) is 64.4 Å². The molecule has 0 spiro atoms. The van der Waals surface area contributed by atoms with Crippen molar-refractivity contribution >= 4 is 60.0 Å². The van der Waals surface area contributed by atoms with Gasteiger partial charge in [0.15, 0.2) is 0 Å². The SMILES string of the molecule is CCn1nc(C)cc1C(=O)N=C1Cc2cc(C(N)=O)cc(OC)c2N1C/C=C/Cn1c(NC(=O)c2cc(C)nn2CC)nc2cc(C(N)=O)cc(OCCCOP(=O)(OC)OC)c21. The molecular formula is C41H50N11O10P. The highest BCUT2D eigenvalue weighted by atomic mass is 31.2. The van der Waals surface area contributed by atoms with Crippen LogP contribution < -0.4 is 31.2 Å². The number of anilines is 2. The number of aryl methyl sites for hydroxylation is 4. The lowest BCUT2D eigenvalue weighted by Gasteiger charge is -2.21. The Morgan fingerprint density at radius 1 is 0.841 bits per heavy atom. The molecular weight excluding hydrogens is 837 g/mol. The molecule has 5 aromatic rings. The topological polar surface area (TPSA) is 265 Å². The van der Waals surface area contributed by atoms with Gasteiger partial charge in [-0.3, -0.25) is 47.4 Å². The number of hydrogen-bond acceptors (Lipinski definition) is 13. The van der Waals surface area contributed by atoms with Gasteiger partial charge < -0.3 is 30.4 Å². The number of benzene rings is 2. The Hall–Kier alpha value is -6.67. The highest BCUT2D eigenvalue weighted by Crippen LogP contribution is 2.47. The Morgan fingerprint density at radius 3 is 2.10 bits per heavy atom. The molecule has 1 aliphatic heterocycles. The van der Waals surface area contributed by atoms with Gasteiger partial charge in [-0.1, -0.05) is 12.2 Å². The lowest BCUT2D eigenvalue weighted by atomic mass is 10.1. The van der Waals surface area contributed by atoms with Crippen LogP contribution in [-0.2, 0) is 44.2 Å².